The third kappa shape index (κ3) is 20.1. The average molecular weight is 1530 g/mol. The topological polar surface area (TPSA) is 313 Å². The van der Waals surface area contributed by atoms with Crippen molar-refractivity contribution in [3.63, 3.8) is 0 Å². The van der Waals surface area contributed by atoms with Gasteiger partial charge < -0.3 is 9.64 Å². The molecule has 101 heavy (non-hydrogen) atoms. The molecule has 6 heterocycles. The van der Waals surface area contributed by atoms with E-state index >= 15 is 0 Å². The number of carbonyl (C=O) groups is 3. The van der Waals surface area contributed by atoms with E-state index in [-0.39, 0.29) is 107 Å². The van der Waals surface area contributed by atoms with E-state index in [0.717, 1.165) is 55.8 Å². The lowest BCUT2D eigenvalue weighted by Gasteiger charge is -2.15. The van der Waals surface area contributed by atoms with Crippen LogP contribution in [0.15, 0.2) is 128 Å². The Morgan fingerprint density at radius 2 is 0.980 bits per heavy atom. The monoisotopic (exact) mass is 1520 g/mol. The highest BCUT2D eigenvalue weighted by Gasteiger charge is 2.36. The van der Waals surface area contributed by atoms with E-state index in [1.165, 1.54) is 82.9 Å². The minimum absolute atomic E-state index is 0.00811. The molecule has 3 aliphatic rings. The maximum atomic E-state index is 13.5. The van der Waals surface area contributed by atoms with Crippen LogP contribution in [0.5, 0.6) is 5.88 Å². The molecule has 3 aliphatic carbocycles. The molecule has 0 saturated heterocycles. The second kappa shape index (κ2) is 33.6. The summed E-state index contributed by atoms with van der Waals surface area (Å²) >= 11 is 24.7. The first-order valence-corrected chi connectivity index (χ1v) is 40.2. The molecule has 544 valence electrons. The van der Waals surface area contributed by atoms with Gasteiger partial charge in [-0.1, -0.05) is 55.6 Å². The van der Waals surface area contributed by atoms with Gasteiger partial charge in [0.1, 0.15) is 5.56 Å². The van der Waals surface area contributed by atoms with E-state index in [0.29, 0.717) is 34.5 Å². The molecule has 0 radical (unpaired) electrons. The number of nitrogens with zero attached hydrogens (tertiary/aromatic N) is 11. The number of hydrogen-bond donors (Lipinski definition) is 2. The van der Waals surface area contributed by atoms with E-state index in [4.69, 9.17) is 51.1 Å². The zero-order valence-electron chi connectivity index (χ0n) is 58.3. The average Bonchev–Trinajstić information content (AvgIpc) is 1.37. The Balaban J connectivity index is 0.000000173. The minimum Gasteiger partial charge on any atom is -0.404 e. The summed E-state index contributed by atoms with van der Waals surface area (Å²) in [6.45, 7) is 22.1. The Labute approximate surface area is 607 Å². The Bertz CT molecular complexity index is 4880. The number of ketones is 1. The molecule has 0 amide bonds. The summed E-state index contributed by atoms with van der Waals surface area (Å²) < 4.78 is 87.9. The smallest absolute Gasteiger partial charge is 0.346 e. The van der Waals surface area contributed by atoms with Crippen LogP contribution in [0.3, 0.4) is 0 Å². The molecule has 0 unspecified atom stereocenters. The lowest BCUT2D eigenvalue weighted by Crippen LogP contribution is -2.24. The molecule has 0 atom stereocenters. The summed E-state index contributed by atoms with van der Waals surface area (Å²) in [5.41, 5.74) is 3.56. The Kier molecular flexibility index (Phi) is 26.3. The zero-order valence-corrected chi connectivity index (χ0v) is 63.8. The predicted octanol–water partition coefficient (Wildman–Crippen LogP) is 12.4. The Hall–Kier alpha value is -7.70. The third-order valence-corrected chi connectivity index (χ3v) is 21.9. The van der Waals surface area contributed by atoms with E-state index in [1.807, 2.05) is 41.5 Å². The fraction of sp³-hybridized carbons (Fsp3) is 0.435. The molecular formula is C69H85Cl4N13O12S3. The summed E-state index contributed by atoms with van der Waals surface area (Å²) in [6, 6.07) is 16.9. The molecule has 2 N–H and O–H groups in total. The van der Waals surface area contributed by atoms with Crippen LogP contribution >= 0.6 is 46.4 Å². The van der Waals surface area contributed by atoms with Crippen molar-refractivity contribution in [3.05, 3.63) is 196 Å². The van der Waals surface area contributed by atoms with E-state index in [2.05, 4.69) is 56.3 Å². The molecular weight excluding hydrogens is 1440 g/mol. The molecule has 12 rings (SSSR count). The molecule has 3 aromatic carbocycles. The quantitative estimate of drug-likeness (QED) is 0.0341. The van der Waals surface area contributed by atoms with Gasteiger partial charge >= 0.3 is 5.97 Å². The van der Waals surface area contributed by atoms with Crippen LogP contribution in [0.4, 0.5) is 0 Å². The van der Waals surface area contributed by atoms with Gasteiger partial charge in [-0.3, -0.25) is 48.1 Å². The Morgan fingerprint density at radius 3 is 1.34 bits per heavy atom. The third-order valence-electron chi connectivity index (χ3n) is 16.8. The molecule has 32 heteroatoms. The number of esters is 1. The lowest BCUT2D eigenvalue weighted by atomic mass is 9.99. The van der Waals surface area contributed by atoms with Gasteiger partial charge in [-0.25, -0.2) is 39.4 Å². The number of aromatic nitrogens is 12. The van der Waals surface area contributed by atoms with Crippen LogP contribution in [-0.2, 0) is 49.1 Å². The summed E-state index contributed by atoms with van der Waals surface area (Å²) in [6.07, 6.45) is 19.4. The van der Waals surface area contributed by atoms with Gasteiger partial charge in [0.05, 0.1) is 77.9 Å². The van der Waals surface area contributed by atoms with Gasteiger partial charge in [0.25, 0.3) is 16.4 Å². The van der Waals surface area contributed by atoms with Crippen LogP contribution < -0.4 is 15.9 Å². The molecule has 3 fully saturated rings. The largest absolute Gasteiger partial charge is 0.404 e. The summed E-state index contributed by atoms with van der Waals surface area (Å²) in [7, 11) is -10.7. The second-order valence-corrected chi connectivity index (χ2v) is 33.1. The number of ether oxygens (including phenoxy) is 1. The first-order valence-electron chi connectivity index (χ1n) is 33.0. The first kappa shape index (κ1) is 79.0. The zero-order chi connectivity index (χ0) is 74.2. The molecule has 3 saturated carbocycles. The number of H-pyrrole nitrogens is 2. The number of rotatable bonds is 23. The summed E-state index contributed by atoms with van der Waals surface area (Å²) in [5.74, 6) is 0.363. The van der Waals surface area contributed by atoms with Gasteiger partial charge in [0.15, 0.2) is 29.5 Å². The van der Waals surface area contributed by atoms with Crippen LogP contribution in [0.2, 0.25) is 15.1 Å². The predicted molar refractivity (Wildman–Crippen MR) is 389 cm³/mol. The van der Waals surface area contributed by atoms with Gasteiger partial charge in [-0.2, -0.15) is 20.4 Å². The van der Waals surface area contributed by atoms with Gasteiger partial charge in [-0.15, -0.1) is 0 Å². The highest BCUT2D eigenvalue weighted by atomic mass is 35.5. The maximum absolute atomic E-state index is 13.5. The minimum atomic E-state index is -3.60. The molecule has 0 aliphatic heterocycles. The van der Waals surface area contributed by atoms with Crippen molar-refractivity contribution in [1.29, 1.82) is 0 Å². The van der Waals surface area contributed by atoms with Crippen molar-refractivity contribution in [1.82, 2.24) is 63.6 Å². The van der Waals surface area contributed by atoms with Crippen LogP contribution in [0, 0.1) is 0 Å². The molecule has 0 bridgehead atoms. The van der Waals surface area contributed by atoms with Crippen LogP contribution in [0.1, 0.15) is 207 Å². The summed E-state index contributed by atoms with van der Waals surface area (Å²) in [5, 5.41) is 22.4. The van der Waals surface area contributed by atoms with Crippen molar-refractivity contribution >= 4 is 92.9 Å². The van der Waals surface area contributed by atoms with Crippen molar-refractivity contribution < 1.29 is 44.4 Å². The summed E-state index contributed by atoms with van der Waals surface area (Å²) in [4.78, 5) is 64.7. The number of hydrogen-bond acceptors (Lipinski definition) is 17. The van der Waals surface area contributed by atoms with Crippen molar-refractivity contribution in [3.8, 4) is 5.88 Å². The van der Waals surface area contributed by atoms with Gasteiger partial charge in [-0.05, 0) is 166 Å². The molecule has 0 spiro atoms. The van der Waals surface area contributed by atoms with Crippen LogP contribution in [0.25, 0.3) is 0 Å². The number of aromatic amines is 2. The number of benzene rings is 3. The van der Waals surface area contributed by atoms with E-state index in [1.54, 1.807) is 81.6 Å². The van der Waals surface area contributed by atoms with Crippen molar-refractivity contribution in [2.75, 3.05) is 38.4 Å². The van der Waals surface area contributed by atoms with Crippen LogP contribution in [-0.4, -0.2) is 144 Å². The van der Waals surface area contributed by atoms with Crippen molar-refractivity contribution in [2.45, 2.75) is 171 Å². The lowest BCUT2D eigenvalue weighted by molar-refractivity contribution is 0.0715. The molecule has 25 nitrogen and oxygen atoms in total. The SMILES string of the molecule is CC(C)n1[nH]c(C2CC2)c(C(=O)c2ccc(S(C)(=O)=O)c(Cn3cccn3)c2Cl)c1=O.CC(C)n1[nH]c(C2CC2)cc1=O.CC(C)n1nc(C2CC2)cc1OC(=O)c1ccc(S(C)(=O)=O)c(Cn2cccn2)c1Cl.CCN(CC)CC.CS(=O)(=O)c1ccc(C(=O)Cl)c(Cl)c1Cn1cccn1. The normalized spacial score (nSPS) is 13.8. The van der Waals surface area contributed by atoms with E-state index < -0.39 is 52.1 Å². The number of halogens is 4. The van der Waals surface area contributed by atoms with Gasteiger partial charge in [0.2, 0.25) is 11.7 Å². The standard InChI is InChI=1S/2C21H23ClN4O4S.C12H10Cl2N2O3S.C9H14N2O.C6H15N/c1-13(2)26-19(11-17(24-26)14-5-6-14)30-21(27)15-7-8-18(31(3,28)29)16(20(15)22)12-25-10-4-9-23-25;1-12(2)26-21(28)17(19(24-26)13-5-6-13)20(27)14-7-8-16(31(3,29)30)15(18(14)22)11-25-10-4-9-23-25;1-20(18,19)10-4-3-8(12(14)17)11(13)9(10)7-16-6-2-5-15-16;1-6(2)11-9(12)5-8(10-11)7-3-4-7;1-4-7(5-2)6-3/h4,7-11,13-14H,5-6,12H2,1-3H3;4,7-10,12-13,24H,5-6,11H2,1-3H3;2-6H,7H2,1H3;5-7,10H,3-4H2,1-2H3;4-6H2,1-3H3. The molecule has 9 aromatic rings. The fourth-order valence-corrected chi connectivity index (χ4v) is 15.0. The maximum Gasteiger partial charge on any atom is 0.346 e. The first-order chi connectivity index (χ1) is 47.6. The van der Waals surface area contributed by atoms with Crippen molar-refractivity contribution in [2.24, 2.45) is 0 Å². The number of nitrogens with one attached hydrogen (secondary N) is 2. The van der Waals surface area contributed by atoms with E-state index in [9.17, 15) is 49.2 Å². The second-order valence-electron chi connectivity index (χ2n) is 25.7. The van der Waals surface area contributed by atoms with Gasteiger partial charge in [0, 0.05) is 126 Å². The number of carbonyl (C=O) groups excluding carboxylic acids is 3. The highest BCUT2D eigenvalue weighted by molar-refractivity contribution is 7.91. The fourth-order valence-electron chi connectivity index (χ4n) is 11.0. The number of sulfone groups is 3. The Morgan fingerprint density at radius 1 is 0.564 bits per heavy atom. The molecule has 6 aromatic heterocycles. The highest BCUT2D eigenvalue weighted by Crippen LogP contribution is 2.43.